The maximum Gasteiger partial charge on any atom is 0.115 e. The molecule has 0 unspecified atom stereocenters. The van der Waals surface area contributed by atoms with E-state index in [-0.39, 0.29) is 12.4 Å². The summed E-state index contributed by atoms with van der Waals surface area (Å²) in [5, 5.41) is 1.71. The van der Waals surface area contributed by atoms with Crippen LogP contribution < -0.4 is 17.3 Å². The molecule has 0 saturated carbocycles. The molecule has 0 atom stereocenters. The van der Waals surface area contributed by atoms with Gasteiger partial charge in [0.1, 0.15) is 18.1 Å². The van der Waals surface area contributed by atoms with Crippen LogP contribution in [0.4, 0.5) is 0 Å². The Bertz CT molecular complexity index is 349. The lowest BCUT2D eigenvalue weighted by Crippen LogP contribution is -3.14. The molecule has 0 amide bonds. The topological polar surface area (TPSA) is 26.6 Å². The SMILES string of the molecule is Clc1cccnc1SCCC[NH+]1CCOCC1.[Cl-]. The maximum atomic E-state index is 6.05. The first-order valence-electron chi connectivity index (χ1n) is 6.01. The van der Waals surface area contributed by atoms with E-state index in [1.807, 2.05) is 12.1 Å². The molecule has 18 heavy (non-hydrogen) atoms. The number of quaternary nitrogens is 1. The molecule has 0 aromatic carbocycles. The molecule has 6 heteroatoms. The molecular weight excluding hydrogens is 291 g/mol. The first kappa shape index (κ1) is 16.1. The number of halogens is 2. The number of aromatic nitrogens is 1. The van der Waals surface area contributed by atoms with Crippen molar-refractivity contribution in [2.24, 2.45) is 0 Å². The van der Waals surface area contributed by atoms with Gasteiger partial charge in [-0.25, -0.2) is 4.98 Å². The Kier molecular flexibility index (Phi) is 8.02. The van der Waals surface area contributed by atoms with Gasteiger partial charge in [-0.15, -0.1) is 11.8 Å². The van der Waals surface area contributed by atoms with Gasteiger partial charge in [0.15, 0.2) is 0 Å². The van der Waals surface area contributed by atoms with Crippen LogP contribution in [0, 0.1) is 0 Å². The van der Waals surface area contributed by atoms with Crippen molar-refractivity contribution in [3.63, 3.8) is 0 Å². The molecule has 3 nitrogen and oxygen atoms in total. The van der Waals surface area contributed by atoms with Crippen LogP contribution in [0.1, 0.15) is 6.42 Å². The van der Waals surface area contributed by atoms with Gasteiger partial charge in [0.2, 0.25) is 0 Å². The minimum Gasteiger partial charge on any atom is -1.00 e. The van der Waals surface area contributed by atoms with E-state index in [0.29, 0.717) is 0 Å². The van der Waals surface area contributed by atoms with E-state index in [1.54, 1.807) is 22.9 Å². The lowest BCUT2D eigenvalue weighted by Gasteiger charge is -2.23. The summed E-state index contributed by atoms with van der Waals surface area (Å²) in [6.45, 7) is 5.34. The van der Waals surface area contributed by atoms with E-state index < -0.39 is 0 Å². The fourth-order valence-corrected chi connectivity index (χ4v) is 2.99. The molecule has 0 spiro atoms. The van der Waals surface area contributed by atoms with Crippen LogP contribution in [-0.4, -0.2) is 43.6 Å². The number of rotatable bonds is 5. The molecule has 0 radical (unpaired) electrons. The fraction of sp³-hybridized carbons (Fsp3) is 0.583. The molecular formula is C12H18Cl2N2OS. The number of thioether (sulfide) groups is 1. The molecule has 0 bridgehead atoms. The number of nitrogens with one attached hydrogen (secondary N) is 1. The van der Waals surface area contributed by atoms with Crippen LogP contribution >= 0.6 is 23.4 Å². The van der Waals surface area contributed by atoms with E-state index in [9.17, 15) is 0 Å². The van der Waals surface area contributed by atoms with E-state index in [4.69, 9.17) is 16.3 Å². The van der Waals surface area contributed by atoms with Crippen LogP contribution in [0.2, 0.25) is 5.02 Å². The zero-order valence-electron chi connectivity index (χ0n) is 10.2. The quantitative estimate of drug-likeness (QED) is 0.510. The van der Waals surface area contributed by atoms with Gasteiger partial charge >= 0.3 is 0 Å². The second-order valence-corrected chi connectivity index (χ2v) is 5.60. The highest BCUT2D eigenvalue weighted by atomic mass is 35.5. The molecule has 1 aromatic heterocycles. The Labute approximate surface area is 124 Å². The van der Waals surface area contributed by atoms with Crippen molar-refractivity contribution in [3.8, 4) is 0 Å². The van der Waals surface area contributed by atoms with Gasteiger partial charge in [-0.3, -0.25) is 0 Å². The van der Waals surface area contributed by atoms with Crippen LogP contribution in [0.3, 0.4) is 0 Å². The van der Waals surface area contributed by atoms with Crippen LogP contribution in [0.5, 0.6) is 0 Å². The van der Waals surface area contributed by atoms with Crippen molar-refractivity contribution in [1.82, 2.24) is 4.98 Å². The van der Waals surface area contributed by atoms with Crippen molar-refractivity contribution < 1.29 is 22.0 Å². The third kappa shape index (κ3) is 5.33. The van der Waals surface area contributed by atoms with Crippen molar-refractivity contribution in [3.05, 3.63) is 23.4 Å². The van der Waals surface area contributed by atoms with Crippen LogP contribution in [-0.2, 0) is 4.74 Å². The first-order valence-corrected chi connectivity index (χ1v) is 7.37. The maximum absolute atomic E-state index is 6.05. The van der Waals surface area contributed by atoms with Gasteiger partial charge in [-0.05, 0) is 12.1 Å². The normalized spacial score (nSPS) is 16.3. The summed E-state index contributed by atoms with van der Waals surface area (Å²) < 4.78 is 5.34. The van der Waals surface area contributed by atoms with Gasteiger partial charge < -0.3 is 22.0 Å². The number of pyridine rings is 1. The summed E-state index contributed by atoms with van der Waals surface area (Å²) in [5.74, 6) is 1.08. The summed E-state index contributed by atoms with van der Waals surface area (Å²) in [7, 11) is 0. The molecule has 102 valence electrons. The van der Waals surface area contributed by atoms with E-state index in [0.717, 1.165) is 42.1 Å². The number of morpholine rings is 1. The lowest BCUT2D eigenvalue weighted by molar-refractivity contribution is -0.908. The third-order valence-electron chi connectivity index (χ3n) is 2.84. The summed E-state index contributed by atoms with van der Waals surface area (Å²) in [5.41, 5.74) is 0. The molecule has 2 heterocycles. The largest absolute Gasteiger partial charge is 1.00 e. The number of hydrogen-bond acceptors (Lipinski definition) is 3. The van der Waals surface area contributed by atoms with E-state index in [1.165, 1.54) is 13.0 Å². The molecule has 1 aliphatic rings. The Morgan fingerprint density at radius 2 is 2.17 bits per heavy atom. The molecule has 1 saturated heterocycles. The summed E-state index contributed by atoms with van der Waals surface area (Å²) in [6.07, 6.45) is 2.99. The third-order valence-corrected chi connectivity index (χ3v) is 4.35. The van der Waals surface area contributed by atoms with Gasteiger partial charge in [-0.2, -0.15) is 0 Å². The van der Waals surface area contributed by atoms with Crippen molar-refractivity contribution in [2.45, 2.75) is 11.4 Å². The Morgan fingerprint density at radius 3 is 2.89 bits per heavy atom. The average Bonchev–Trinajstić information content (AvgIpc) is 2.38. The number of hydrogen-bond donors (Lipinski definition) is 1. The second-order valence-electron chi connectivity index (χ2n) is 4.10. The van der Waals surface area contributed by atoms with Crippen molar-refractivity contribution in [1.29, 1.82) is 0 Å². The zero-order chi connectivity index (χ0) is 11.9. The fourth-order valence-electron chi connectivity index (χ4n) is 1.88. The van der Waals surface area contributed by atoms with Gasteiger partial charge in [0, 0.05) is 18.4 Å². The van der Waals surface area contributed by atoms with Crippen molar-refractivity contribution >= 4 is 23.4 Å². The van der Waals surface area contributed by atoms with Gasteiger partial charge in [0.25, 0.3) is 0 Å². The van der Waals surface area contributed by atoms with Gasteiger partial charge in [0.05, 0.1) is 24.8 Å². The Balaban J connectivity index is 0.00000162. The lowest BCUT2D eigenvalue weighted by atomic mass is 10.4. The van der Waals surface area contributed by atoms with Crippen molar-refractivity contribution in [2.75, 3.05) is 38.6 Å². The monoisotopic (exact) mass is 308 g/mol. The Hall–Kier alpha value is -0.0000000000000000555. The van der Waals surface area contributed by atoms with Gasteiger partial charge in [-0.1, -0.05) is 11.6 Å². The summed E-state index contributed by atoms with van der Waals surface area (Å²) in [6, 6.07) is 3.76. The van der Waals surface area contributed by atoms with E-state index in [2.05, 4.69) is 4.98 Å². The minimum absolute atomic E-state index is 0. The molecule has 2 rings (SSSR count). The molecule has 0 aliphatic carbocycles. The van der Waals surface area contributed by atoms with Crippen LogP contribution in [0.25, 0.3) is 0 Å². The number of ether oxygens (including phenoxy) is 1. The van der Waals surface area contributed by atoms with Crippen LogP contribution in [0.15, 0.2) is 23.4 Å². The number of nitrogens with zero attached hydrogens (tertiary/aromatic N) is 1. The minimum atomic E-state index is 0. The summed E-state index contributed by atoms with van der Waals surface area (Å²) in [4.78, 5) is 5.92. The summed E-state index contributed by atoms with van der Waals surface area (Å²) >= 11 is 7.79. The zero-order valence-corrected chi connectivity index (χ0v) is 12.5. The second kappa shape index (κ2) is 8.99. The standard InChI is InChI=1S/C12H17ClN2OS.ClH/c13-11-3-1-4-14-12(11)17-10-2-5-15-6-8-16-9-7-15;/h1,3-4H,2,5-10H2;1H. The Morgan fingerprint density at radius 1 is 1.39 bits per heavy atom. The highest BCUT2D eigenvalue weighted by Crippen LogP contribution is 2.24. The molecule has 1 N–H and O–H groups in total. The molecule has 1 aliphatic heterocycles. The molecule has 1 aromatic rings. The predicted molar refractivity (Wildman–Crippen MR) is 71.0 cm³/mol. The van der Waals surface area contributed by atoms with E-state index >= 15 is 0 Å². The smallest absolute Gasteiger partial charge is 0.115 e. The average molecular weight is 309 g/mol. The highest BCUT2D eigenvalue weighted by molar-refractivity contribution is 7.99. The molecule has 1 fully saturated rings. The first-order chi connectivity index (χ1) is 8.36. The predicted octanol–water partition coefficient (Wildman–Crippen LogP) is -1.86. The highest BCUT2D eigenvalue weighted by Gasteiger charge is 2.12.